The number of carbonyl (C=O) groups excluding carboxylic acids is 2. The summed E-state index contributed by atoms with van der Waals surface area (Å²) in [5.41, 5.74) is 5.54. The minimum absolute atomic E-state index is 0.0702. The minimum atomic E-state index is -0.915. The monoisotopic (exact) mass is 293 g/mol. The molecule has 21 heavy (non-hydrogen) atoms. The van der Waals surface area contributed by atoms with Gasteiger partial charge in [0.25, 0.3) is 0 Å². The van der Waals surface area contributed by atoms with Crippen LogP contribution in [0.3, 0.4) is 0 Å². The number of primary amides is 1. The number of amides is 3. The number of carboxylic acid groups (broad SMARTS) is 1. The van der Waals surface area contributed by atoms with Crippen molar-refractivity contribution in [3.63, 3.8) is 0 Å². The number of carbonyl (C=O) groups is 3. The molecule has 0 radical (unpaired) electrons. The predicted octanol–water partition coefficient (Wildman–Crippen LogP) is 0.947. The summed E-state index contributed by atoms with van der Waals surface area (Å²) >= 11 is 0. The number of rotatable bonds is 6. The molecule has 7 nitrogen and oxygen atoms in total. The quantitative estimate of drug-likeness (QED) is 0.623. The highest BCUT2D eigenvalue weighted by Crippen LogP contribution is 2.13. The van der Waals surface area contributed by atoms with Gasteiger partial charge in [0.15, 0.2) is 0 Å². The first-order valence-corrected chi connectivity index (χ1v) is 6.36. The summed E-state index contributed by atoms with van der Waals surface area (Å²) < 4.78 is 0. The number of anilines is 1. The second-order valence-corrected chi connectivity index (χ2v) is 5.32. The number of hydrogen-bond donors (Lipinski definition) is 4. The standard InChI is InChI=1S/C14H19N3O4/c1-14(2,12(15)20)8-16-13(21)17-10-5-3-9(4-6-10)7-11(18)19/h3-6H,7-8H2,1-2H3,(H2,15,20)(H,18,19)(H2,16,17,21). The molecule has 0 saturated carbocycles. The molecule has 0 aliphatic heterocycles. The molecule has 0 atom stereocenters. The Kier molecular flexibility index (Phi) is 5.29. The second-order valence-electron chi connectivity index (χ2n) is 5.32. The summed E-state index contributed by atoms with van der Waals surface area (Å²) in [5.74, 6) is -1.41. The first-order valence-electron chi connectivity index (χ1n) is 6.36. The molecule has 0 fully saturated rings. The van der Waals surface area contributed by atoms with Crippen molar-refractivity contribution < 1.29 is 19.5 Å². The van der Waals surface area contributed by atoms with Crippen LogP contribution in [0, 0.1) is 5.41 Å². The molecule has 0 aromatic heterocycles. The molecule has 0 saturated heterocycles. The van der Waals surface area contributed by atoms with E-state index in [1.54, 1.807) is 38.1 Å². The van der Waals surface area contributed by atoms with E-state index in [2.05, 4.69) is 10.6 Å². The zero-order valence-electron chi connectivity index (χ0n) is 12.0. The summed E-state index contributed by atoms with van der Waals surface area (Å²) in [7, 11) is 0. The highest BCUT2D eigenvalue weighted by Gasteiger charge is 2.25. The molecule has 7 heteroatoms. The Balaban J connectivity index is 2.52. The SMILES string of the molecule is CC(C)(CNC(=O)Nc1ccc(CC(=O)O)cc1)C(N)=O. The van der Waals surface area contributed by atoms with Crippen molar-refractivity contribution in [2.45, 2.75) is 20.3 Å². The van der Waals surface area contributed by atoms with E-state index in [9.17, 15) is 14.4 Å². The van der Waals surface area contributed by atoms with Crippen LogP contribution in [0.25, 0.3) is 0 Å². The largest absolute Gasteiger partial charge is 0.481 e. The molecule has 0 unspecified atom stereocenters. The third kappa shape index (κ3) is 5.52. The lowest BCUT2D eigenvalue weighted by Crippen LogP contribution is -2.43. The summed E-state index contributed by atoms with van der Waals surface area (Å²) in [4.78, 5) is 33.3. The van der Waals surface area contributed by atoms with Gasteiger partial charge in [-0.1, -0.05) is 12.1 Å². The Morgan fingerprint density at radius 1 is 1.19 bits per heavy atom. The fourth-order valence-corrected chi connectivity index (χ4v) is 1.44. The van der Waals surface area contributed by atoms with E-state index in [-0.39, 0.29) is 13.0 Å². The molecule has 0 spiro atoms. The van der Waals surface area contributed by atoms with E-state index < -0.39 is 23.3 Å². The molecular formula is C14H19N3O4. The Bertz CT molecular complexity index is 538. The third-order valence-corrected chi connectivity index (χ3v) is 2.93. The third-order valence-electron chi connectivity index (χ3n) is 2.93. The number of nitrogens with two attached hydrogens (primary N) is 1. The predicted molar refractivity (Wildman–Crippen MR) is 77.8 cm³/mol. The lowest BCUT2D eigenvalue weighted by atomic mass is 9.93. The number of nitrogens with one attached hydrogen (secondary N) is 2. The minimum Gasteiger partial charge on any atom is -0.481 e. The van der Waals surface area contributed by atoms with E-state index in [0.717, 1.165) is 0 Å². The fraction of sp³-hybridized carbons (Fsp3) is 0.357. The zero-order valence-corrected chi connectivity index (χ0v) is 12.0. The van der Waals surface area contributed by atoms with Crippen molar-refractivity contribution in [2.75, 3.05) is 11.9 Å². The van der Waals surface area contributed by atoms with Crippen LogP contribution in [0.1, 0.15) is 19.4 Å². The lowest BCUT2D eigenvalue weighted by Gasteiger charge is -2.20. The molecule has 1 aromatic carbocycles. The van der Waals surface area contributed by atoms with E-state index >= 15 is 0 Å². The molecule has 0 bridgehead atoms. The number of benzene rings is 1. The van der Waals surface area contributed by atoms with Gasteiger partial charge in [0.1, 0.15) is 0 Å². The number of aliphatic carboxylic acids is 1. The second kappa shape index (κ2) is 6.74. The molecule has 0 aliphatic carbocycles. The van der Waals surface area contributed by atoms with Crippen molar-refractivity contribution in [1.29, 1.82) is 0 Å². The van der Waals surface area contributed by atoms with Gasteiger partial charge in [0.05, 0.1) is 11.8 Å². The van der Waals surface area contributed by atoms with Crippen molar-refractivity contribution in [3.8, 4) is 0 Å². The van der Waals surface area contributed by atoms with E-state index in [4.69, 9.17) is 10.8 Å². The van der Waals surface area contributed by atoms with Crippen LogP contribution in [0.15, 0.2) is 24.3 Å². The van der Waals surface area contributed by atoms with Crippen LogP contribution in [-0.2, 0) is 16.0 Å². The Morgan fingerprint density at radius 3 is 2.24 bits per heavy atom. The van der Waals surface area contributed by atoms with Gasteiger partial charge in [-0.15, -0.1) is 0 Å². The van der Waals surface area contributed by atoms with Crippen molar-refractivity contribution in [2.24, 2.45) is 11.1 Å². The zero-order chi connectivity index (χ0) is 16.0. The maximum Gasteiger partial charge on any atom is 0.319 e. The molecule has 114 valence electrons. The van der Waals surface area contributed by atoms with Crippen molar-refractivity contribution in [3.05, 3.63) is 29.8 Å². The van der Waals surface area contributed by atoms with Crippen molar-refractivity contribution in [1.82, 2.24) is 5.32 Å². The molecule has 1 rings (SSSR count). The average molecular weight is 293 g/mol. The molecule has 3 amide bonds. The summed E-state index contributed by atoms with van der Waals surface area (Å²) in [6.07, 6.45) is -0.0702. The highest BCUT2D eigenvalue weighted by molar-refractivity contribution is 5.90. The van der Waals surface area contributed by atoms with Crippen LogP contribution in [0.5, 0.6) is 0 Å². The van der Waals surface area contributed by atoms with Gasteiger partial charge in [-0.05, 0) is 31.5 Å². The van der Waals surface area contributed by atoms with E-state index in [1.165, 1.54) is 0 Å². The number of carboxylic acids is 1. The Hall–Kier alpha value is -2.57. The van der Waals surface area contributed by atoms with Crippen LogP contribution in [0.2, 0.25) is 0 Å². The topological polar surface area (TPSA) is 122 Å². The van der Waals surface area contributed by atoms with Gasteiger partial charge in [-0.2, -0.15) is 0 Å². The summed E-state index contributed by atoms with van der Waals surface area (Å²) in [6.45, 7) is 3.39. The van der Waals surface area contributed by atoms with Gasteiger partial charge in [0.2, 0.25) is 5.91 Å². The molecule has 5 N–H and O–H groups in total. The highest BCUT2D eigenvalue weighted by atomic mass is 16.4. The maximum atomic E-state index is 11.7. The normalized spacial score (nSPS) is 10.8. The Morgan fingerprint density at radius 2 is 1.76 bits per heavy atom. The van der Waals surface area contributed by atoms with Gasteiger partial charge in [0, 0.05) is 12.2 Å². The Labute approximate surface area is 122 Å². The first-order chi connectivity index (χ1) is 9.70. The van der Waals surface area contributed by atoms with Gasteiger partial charge >= 0.3 is 12.0 Å². The van der Waals surface area contributed by atoms with Gasteiger partial charge in [-0.3, -0.25) is 9.59 Å². The van der Waals surface area contributed by atoms with Crippen LogP contribution < -0.4 is 16.4 Å². The molecule has 1 aromatic rings. The van der Waals surface area contributed by atoms with Crippen LogP contribution >= 0.6 is 0 Å². The summed E-state index contributed by atoms with van der Waals surface area (Å²) in [6, 6.07) is 6.00. The number of hydrogen-bond acceptors (Lipinski definition) is 3. The molecule has 0 heterocycles. The van der Waals surface area contributed by atoms with Crippen LogP contribution in [-0.4, -0.2) is 29.6 Å². The van der Waals surface area contributed by atoms with E-state index in [1.807, 2.05) is 0 Å². The first kappa shape index (κ1) is 16.5. The number of urea groups is 1. The smallest absolute Gasteiger partial charge is 0.319 e. The van der Waals surface area contributed by atoms with Crippen molar-refractivity contribution >= 4 is 23.6 Å². The maximum absolute atomic E-state index is 11.7. The van der Waals surface area contributed by atoms with Gasteiger partial charge in [-0.25, -0.2) is 4.79 Å². The molecular weight excluding hydrogens is 274 g/mol. The summed E-state index contributed by atoms with van der Waals surface area (Å²) in [5, 5.41) is 13.8. The molecule has 0 aliphatic rings. The van der Waals surface area contributed by atoms with E-state index in [0.29, 0.717) is 11.3 Å². The van der Waals surface area contributed by atoms with Crippen LogP contribution in [0.4, 0.5) is 10.5 Å². The lowest BCUT2D eigenvalue weighted by molar-refractivity contribution is -0.136. The van der Waals surface area contributed by atoms with Gasteiger partial charge < -0.3 is 21.5 Å². The average Bonchev–Trinajstić information content (AvgIpc) is 2.38. The fourth-order valence-electron chi connectivity index (χ4n) is 1.44.